The van der Waals surface area contributed by atoms with Crippen molar-refractivity contribution in [2.45, 2.75) is 24.0 Å². The maximum absolute atomic E-state index is 11.9. The van der Waals surface area contributed by atoms with Crippen LogP contribution in [0.2, 0.25) is 0 Å². The fourth-order valence-corrected chi connectivity index (χ4v) is 2.85. The van der Waals surface area contributed by atoms with Crippen molar-refractivity contribution in [1.29, 1.82) is 0 Å². The van der Waals surface area contributed by atoms with Crippen molar-refractivity contribution in [2.75, 3.05) is 25.0 Å². The molecule has 0 amide bonds. The summed E-state index contributed by atoms with van der Waals surface area (Å²) in [5.41, 5.74) is 0.976. The van der Waals surface area contributed by atoms with Crippen LogP contribution < -0.4 is 10.6 Å². The Bertz CT molecular complexity index is 490. The minimum atomic E-state index is -3.16. The van der Waals surface area contributed by atoms with Gasteiger partial charge in [0.1, 0.15) is 0 Å². The zero-order valence-corrected chi connectivity index (χ0v) is 11.6. The summed E-state index contributed by atoms with van der Waals surface area (Å²) < 4.78 is 23.9. The lowest BCUT2D eigenvalue weighted by molar-refractivity contribution is 0.365. The van der Waals surface area contributed by atoms with E-state index >= 15 is 0 Å². The molecular weight excluding hydrogens is 248 g/mol. The third kappa shape index (κ3) is 2.84. The van der Waals surface area contributed by atoms with Gasteiger partial charge in [-0.25, -0.2) is 8.42 Å². The Morgan fingerprint density at radius 1 is 1.28 bits per heavy atom. The van der Waals surface area contributed by atoms with E-state index in [1.807, 2.05) is 12.1 Å². The largest absolute Gasteiger partial charge is 0.385 e. The van der Waals surface area contributed by atoms with Gasteiger partial charge in [-0.3, -0.25) is 0 Å². The fraction of sp³-hybridized carbons (Fsp3) is 0.538. The van der Waals surface area contributed by atoms with Crippen LogP contribution >= 0.6 is 0 Å². The maximum atomic E-state index is 11.9. The Morgan fingerprint density at radius 2 is 1.89 bits per heavy atom. The van der Waals surface area contributed by atoms with Crippen LogP contribution in [0.4, 0.5) is 5.69 Å². The molecule has 1 saturated heterocycles. The molecule has 0 spiro atoms. The molecule has 1 heterocycles. The first-order valence-corrected chi connectivity index (χ1v) is 7.83. The van der Waals surface area contributed by atoms with Crippen molar-refractivity contribution in [1.82, 2.24) is 5.32 Å². The van der Waals surface area contributed by atoms with Gasteiger partial charge in [0.2, 0.25) is 0 Å². The van der Waals surface area contributed by atoms with Crippen molar-refractivity contribution in [3.63, 3.8) is 0 Å². The van der Waals surface area contributed by atoms with E-state index in [1.54, 1.807) is 26.0 Å². The van der Waals surface area contributed by atoms with E-state index in [-0.39, 0.29) is 5.25 Å². The summed E-state index contributed by atoms with van der Waals surface area (Å²) >= 11 is 0. The van der Waals surface area contributed by atoms with Crippen LogP contribution in [-0.2, 0) is 9.84 Å². The Kier molecular flexibility index (Phi) is 3.92. The maximum Gasteiger partial charge on any atom is 0.180 e. The van der Waals surface area contributed by atoms with Crippen molar-refractivity contribution in [3.05, 3.63) is 24.3 Å². The first kappa shape index (κ1) is 13.4. The molecular formula is C13H20N2O2S. The highest BCUT2D eigenvalue weighted by Crippen LogP contribution is 2.18. The second kappa shape index (κ2) is 5.28. The molecule has 1 aromatic carbocycles. The zero-order valence-electron chi connectivity index (χ0n) is 10.8. The van der Waals surface area contributed by atoms with E-state index in [9.17, 15) is 8.42 Å². The predicted octanol–water partition coefficient (Wildman–Crippen LogP) is 1.50. The summed E-state index contributed by atoms with van der Waals surface area (Å²) in [6, 6.07) is 7.02. The van der Waals surface area contributed by atoms with E-state index < -0.39 is 9.84 Å². The summed E-state index contributed by atoms with van der Waals surface area (Å²) in [6.07, 6.45) is 0. The molecule has 1 aliphatic rings. The minimum Gasteiger partial charge on any atom is -0.385 e. The van der Waals surface area contributed by atoms with E-state index in [4.69, 9.17) is 0 Å². The summed E-state index contributed by atoms with van der Waals surface area (Å²) in [6.45, 7) is 6.46. The molecule has 0 atom stereocenters. The molecule has 100 valence electrons. The van der Waals surface area contributed by atoms with Gasteiger partial charge in [0, 0.05) is 31.2 Å². The van der Waals surface area contributed by atoms with Crippen LogP contribution in [0, 0.1) is 5.92 Å². The quantitative estimate of drug-likeness (QED) is 0.849. The molecule has 18 heavy (non-hydrogen) atoms. The van der Waals surface area contributed by atoms with Crippen molar-refractivity contribution in [2.24, 2.45) is 5.92 Å². The highest BCUT2D eigenvalue weighted by molar-refractivity contribution is 7.92. The van der Waals surface area contributed by atoms with Crippen LogP contribution in [0.3, 0.4) is 0 Å². The Balaban J connectivity index is 2.00. The van der Waals surface area contributed by atoms with Crippen LogP contribution in [0.5, 0.6) is 0 Å². The molecule has 0 aromatic heterocycles. The molecule has 0 bridgehead atoms. The van der Waals surface area contributed by atoms with Crippen molar-refractivity contribution in [3.8, 4) is 0 Å². The Labute approximate surface area is 109 Å². The predicted molar refractivity (Wildman–Crippen MR) is 73.6 cm³/mol. The Morgan fingerprint density at radius 3 is 2.33 bits per heavy atom. The monoisotopic (exact) mass is 268 g/mol. The molecule has 4 nitrogen and oxygen atoms in total. The number of hydrogen-bond donors (Lipinski definition) is 2. The van der Waals surface area contributed by atoms with E-state index in [0.29, 0.717) is 10.8 Å². The molecule has 1 aromatic rings. The van der Waals surface area contributed by atoms with E-state index in [0.717, 1.165) is 25.3 Å². The van der Waals surface area contributed by atoms with Gasteiger partial charge in [-0.1, -0.05) is 0 Å². The Hall–Kier alpha value is -1.07. The van der Waals surface area contributed by atoms with Gasteiger partial charge in [-0.05, 0) is 38.1 Å². The average molecular weight is 268 g/mol. The second-order valence-electron chi connectivity index (χ2n) is 5.02. The lowest BCUT2D eigenvalue weighted by atomic mass is 10.0. The summed E-state index contributed by atoms with van der Waals surface area (Å²) in [5, 5.41) is 6.16. The number of sulfone groups is 1. The zero-order chi connectivity index (χ0) is 13.2. The van der Waals surface area contributed by atoms with Crippen LogP contribution in [0.25, 0.3) is 0 Å². The second-order valence-corrected chi connectivity index (χ2v) is 7.53. The minimum absolute atomic E-state index is 0.377. The number of benzene rings is 1. The molecule has 0 saturated carbocycles. The van der Waals surface area contributed by atoms with Gasteiger partial charge < -0.3 is 10.6 Å². The van der Waals surface area contributed by atoms with Gasteiger partial charge in [0.15, 0.2) is 9.84 Å². The average Bonchev–Trinajstić information content (AvgIpc) is 2.27. The van der Waals surface area contributed by atoms with Gasteiger partial charge in [-0.15, -0.1) is 0 Å². The lowest BCUT2D eigenvalue weighted by Gasteiger charge is -2.27. The summed E-state index contributed by atoms with van der Waals surface area (Å²) in [5.74, 6) is 0.684. The van der Waals surface area contributed by atoms with Crippen LogP contribution in [0.1, 0.15) is 13.8 Å². The number of nitrogens with one attached hydrogen (secondary N) is 2. The molecule has 5 heteroatoms. The van der Waals surface area contributed by atoms with Gasteiger partial charge >= 0.3 is 0 Å². The molecule has 1 fully saturated rings. The standard InChI is InChI=1S/C13H20N2O2S/c1-10(2)18(16,17)13-5-3-12(4-6-13)15-9-11-7-14-8-11/h3-6,10-11,14-15H,7-9H2,1-2H3. The van der Waals surface area contributed by atoms with Crippen LogP contribution in [-0.4, -0.2) is 33.3 Å². The molecule has 0 radical (unpaired) electrons. The molecule has 0 aliphatic carbocycles. The molecule has 2 rings (SSSR count). The smallest absolute Gasteiger partial charge is 0.180 e. The van der Waals surface area contributed by atoms with Crippen LogP contribution in [0.15, 0.2) is 29.2 Å². The number of hydrogen-bond acceptors (Lipinski definition) is 4. The first-order chi connectivity index (χ1) is 8.50. The number of rotatable bonds is 5. The first-order valence-electron chi connectivity index (χ1n) is 6.28. The fourth-order valence-electron chi connectivity index (χ4n) is 1.79. The number of anilines is 1. The normalized spacial score (nSPS) is 16.6. The van der Waals surface area contributed by atoms with Gasteiger partial charge in [0.05, 0.1) is 10.1 Å². The van der Waals surface area contributed by atoms with Crippen molar-refractivity contribution < 1.29 is 8.42 Å². The van der Waals surface area contributed by atoms with E-state index in [1.165, 1.54) is 0 Å². The SMILES string of the molecule is CC(C)S(=O)(=O)c1ccc(NCC2CNC2)cc1. The topological polar surface area (TPSA) is 58.2 Å². The highest BCUT2D eigenvalue weighted by atomic mass is 32.2. The highest BCUT2D eigenvalue weighted by Gasteiger charge is 2.19. The summed E-state index contributed by atoms with van der Waals surface area (Å²) in [4.78, 5) is 0.397. The molecule has 1 aliphatic heterocycles. The van der Waals surface area contributed by atoms with Crippen molar-refractivity contribution >= 4 is 15.5 Å². The van der Waals surface area contributed by atoms with Gasteiger partial charge in [-0.2, -0.15) is 0 Å². The summed E-state index contributed by atoms with van der Waals surface area (Å²) in [7, 11) is -3.16. The third-order valence-corrected chi connectivity index (χ3v) is 5.43. The molecule has 2 N–H and O–H groups in total. The lowest BCUT2D eigenvalue weighted by Crippen LogP contribution is -2.45. The van der Waals surface area contributed by atoms with E-state index in [2.05, 4.69) is 10.6 Å². The molecule has 0 unspecified atom stereocenters. The third-order valence-electron chi connectivity index (χ3n) is 3.26. The van der Waals surface area contributed by atoms with Gasteiger partial charge in [0.25, 0.3) is 0 Å².